The van der Waals surface area contributed by atoms with Gasteiger partial charge in [0.2, 0.25) is 0 Å². The van der Waals surface area contributed by atoms with E-state index in [9.17, 15) is 8.42 Å². The van der Waals surface area contributed by atoms with Crippen LogP contribution in [0.1, 0.15) is 104 Å². The van der Waals surface area contributed by atoms with Crippen LogP contribution in [0.4, 0.5) is 0 Å². The quantitative estimate of drug-likeness (QED) is 0.208. The first kappa shape index (κ1) is 28.1. The van der Waals surface area contributed by atoms with Crippen LogP contribution in [-0.4, -0.2) is 39.6 Å². The molecule has 0 radical (unpaired) electrons. The topological polar surface area (TPSA) is 46.6 Å². The second kappa shape index (κ2) is 18.6. The molecule has 31 heavy (non-hydrogen) atoms. The van der Waals surface area contributed by atoms with Gasteiger partial charge in [0.15, 0.2) is 0 Å². The van der Waals surface area contributed by atoms with Crippen molar-refractivity contribution in [1.29, 1.82) is 0 Å². The van der Waals surface area contributed by atoms with Crippen molar-refractivity contribution in [2.24, 2.45) is 0 Å². The fourth-order valence-corrected chi connectivity index (χ4v) is 4.88. The van der Waals surface area contributed by atoms with Crippen molar-refractivity contribution in [1.82, 2.24) is 4.90 Å². The molecule has 1 heterocycles. The summed E-state index contributed by atoms with van der Waals surface area (Å²) in [5.41, 5.74) is 0. The summed E-state index contributed by atoms with van der Waals surface area (Å²) in [6.45, 7) is 8.81. The summed E-state index contributed by atoms with van der Waals surface area (Å²) in [6, 6.07) is 8.33. The monoisotopic (exact) mass is 453 g/mol. The number of unbranched alkanes of at least 4 members (excludes halogenated alkanes) is 9. The lowest BCUT2D eigenvalue weighted by Gasteiger charge is -2.25. The number of piperidine rings is 1. The molecule has 0 saturated carbocycles. The van der Waals surface area contributed by atoms with Crippen LogP contribution < -0.4 is 0 Å². The Morgan fingerprint density at radius 3 is 1.84 bits per heavy atom. The Morgan fingerprint density at radius 2 is 1.29 bits per heavy atom. The molecule has 1 aromatic rings. The molecular formula is C26H47NO3S. The SMILES string of the molecule is CCCCCCCCCCCCOS(=O)(=O)c1ccccc1.CCCN1CCCCC1. The highest BCUT2D eigenvalue weighted by molar-refractivity contribution is 7.86. The van der Waals surface area contributed by atoms with Gasteiger partial charge in [0, 0.05) is 0 Å². The predicted molar refractivity (Wildman–Crippen MR) is 132 cm³/mol. The molecule has 1 aliphatic heterocycles. The summed E-state index contributed by atoms with van der Waals surface area (Å²) < 4.78 is 28.8. The van der Waals surface area contributed by atoms with Crippen LogP contribution in [0.15, 0.2) is 35.2 Å². The predicted octanol–water partition coefficient (Wildman–Crippen LogP) is 7.20. The largest absolute Gasteiger partial charge is 0.303 e. The van der Waals surface area contributed by atoms with Gasteiger partial charge in [0.25, 0.3) is 10.1 Å². The van der Waals surface area contributed by atoms with Gasteiger partial charge in [-0.2, -0.15) is 8.42 Å². The Bertz CT molecular complexity index is 610. The highest BCUT2D eigenvalue weighted by Gasteiger charge is 2.13. The van der Waals surface area contributed by atoms with Crippen molar-refractivity contribution in [2.45, 2.75) is 109 Å². The van der Waals surface area contributed by atoms with Gasteiger partial charge in [-0.15, -0.1) is 0 Å². The van der Waals surface area contributed by atoms with E-state index in [1.54, 1.807) is 30.3 Å². The van der Waals surface area contributed by atoms with Crippen molar-refractivity contribution in [3.05, 3.63) is 30.3 Å². The molecule has 0 atom stereocenters. The molecule has 0 aromatic heterocycles. The average Bonchev–Trinajstić information content (AvgIpc) is 2.79. The minimum absolute atomic E-state index is 0.238. The zero-order valence-corrected chi connectivity index (χ0v) is 21.0. The van der Waals surface area contributed by atoms with Gasteiger partial charge < -0.3 is 4.90 Å². The standard InChI is InChI=1S/C18H30O3S.C8H17N/c1-2-3-4-5-6-7-8-9-10-14-17-21-22(19,20)18-15-12-11-13-16-18;1-2-6-9-7-4-3-5-8-9/h11-13,15-16H,2-10,14,17H2,1H3;2-8H2,1H3. The molecule has 180 valence electrons. The van der Waals surface area contributed by atoms with E-state index < -0.39 is 10.1 Å². The number of hydrogen-bond donors (Lipinski definition) is 0. The van der Waals surface area contributed by atoms with Crippen LogP contribution in [0.5, 0.6) is 0 Å². The third kappa shape index (κ3) is 14.7. The third-order valence-corrected chi connectivity index (χ3v) is 7.08. The van der Waals surface area contributed by atoms with Gasteiger partial charge in [-0.25, -0.2) is 0 Å². The van der Waals surface area contributed by atoms with Gasteiger partial charge in [0.05, 0.1) is 11.5 Å². The van der Waals surface area contributed by atoms with Crippen molar-refractivity contribution in [3.63, 3.8) is 0 Å². The van der Waals surface area contributed by atoms with Crippen LogP contribution >= 0.6 is 0 Å². The van der Waals surface area contributed by atoms with Gasteiger partial charge in [-0.1, -0.05) is 96.3 Å². The molecule has 2 rings (SSSR count). The molecule has 0 bridgehead atoms. The maximum Gasteiger partial charge on any atom is 0.296 e. The Morgan fingerprint density at radius 1 is 0.742 bits per heavy atom. The molecule has 1 fully saturated rings. The second-order valence-electron chi connectivity index (χ2n) is 8.67. The van der Waals surface area contributed by atoms with Crippen molar-refractivity contribution in [2.75, 3.05) is 26.2 Å². The van der Waals surface area contributed by atoms with E-state index in [4.69, 9.17) is 4.18 Å². The minimum Gasteiger partial charge on any atom is -0.303 e. The summed E-state index contributed by atoms with van der Waals surface area (Å²) >= 11 is 0. The van der Waals surface area contributed by atoms with E-state index in [1.807, 2.05) is 0 Å². The van der Waals surface area contributed by atoms with E-state index in [-0.39, 0.29) is 11.5 Å². The normalized spacial score (nSPS) is 14.8. The summed E-state index contributed by atoms with van der Waals surface area (Å²) in [4.78, 5) is 2.81. The van der Waals surface area contributed by atoms with Crippen molar-refractivity contribution in [3.8, 4) is 0 Å². The van der Waals surface area contributed by atoms with E-state index in [0.717, 1.165) is 12.8 Å². The fraction of sp³-hybridized carbons (Fsp3) is 0.769. The van der Waals surface area contributed by atoms with Crippen LogP contribution in [0, 0.1) is 0 Å². The van der Waals surface area contributed by atoms with Crippen molar-refractivity contribution >= 4 is 10.1 Å². The van der Waals surface area contributed by atoms with E-state index in [0.29, 0.717) is 0 Å². The Kier molecular flexibility index (Phi) is 16.9. The third-order valence-electron chi connectivity index (χ3n) is 5.76. The molecular weight excluding hydrogens is 406 g/mol. The lowest BCUT2D eigenvalue weighted by Crippen LogP contribution is -2.30. The number of benzene rings is 1. The smallest absolute Gasteiger partial charge is 0.296 e. The number of rotatable bonds is 15. The number of hydrogen-bond acceptors (Lipinski definition) is 4. The number of likely N-dealkylation sites (tertiary alicyclic amines) is 1. The summed E-state index contributed by atoms with van der Waals surface area (Å²) in [5, 5.41) is 0. The lowest BCUT2D eigenvalue weighted by molar-refractivity contribution is 0.229. The Labute approximate surface area is 192 Å². The van der Waals surface area contributed by atoms with Crippen molar-refractivity contribution < 1.29 is 12.6 Å². The van der Waals surface area contributed by atoms with Crippen LogP contribution in [-0.2, 0) is 14.3 Å². The summed E-state index contributed by atoms with van der Waals surface area (Å²) in [7, 11) is -3.57. The van der Waals surface area contributed by atoms with Crippen LogP contribution in [0.25, 0.3) is 0 Å². The molecule has 0 unspecified atom stereocenters. The molecule has 0 amide bonds. The molecule has 1 aliphatic rings. The van der Waals surface area contributed by atoms with Gasteiger partial charge >= 0.3 is 0 Å². The lowest BCUT2D eigenvalue weighted by atomic mass is 10.1. The fourth-order valence-electron chi connectivity index (χ4n) is 3.91. The number of nitrogens with zero attached hydrogens (tertiary/aromatic N) is 1. The Balaban J connectivity index is 0.000000442. The second-order valence-corrected chi connectivity index (χ2v) is 10.3. The average molecular weight is 454 g/mol. The molecule has 5 heteroatoms. The van der Waals surface area contributed by atoms with Gasteiger partial charge in [-0.05, 0) is 57.5 Å². The Hall–Kier alpha value is -0.910. The molecule has 1 saturated heterocycles. The van der Waals surface area contributed by atoms with Crippen LogP contribution in [0.2, 0.25) is 0 Å². The summed E-state index contributed by atoms with van der Waals surface area (Å²) in [5.74, 6) is 0. The van der Waals surface area contributed by atoms with E-state index in [2.05, 4.69) is 18.7 Å². The zero-order chi connectivity index (χ0) is 22.6. The van der Waals surface area contributed by atoms with E-state index >= 15 is 0 Å². The molecule has 4 nitrogen and oxygen atoms in total. The van der Waals surface area contributed by atoms with Gasteiger partial charge in [-0.3, -0.25) is 4.18 Å². The molecule has 0 spiro atoms. The molecule has 0 N–H and O–H groups in total. The molecule has 0 aliphatic carbocycles. The van der Waals surface area contributed by atoms with Gasteiger partial charge in [0.1, 0.15) is 0 Å². The van der Waals surface area contributed by atoms with E-state index in [1.165, 1.54) is 96.7 Å². The molecule has 1 aromatic carbocycles. The zero-order valence-electron chi connectivity index (χ0n) is 20.2. The maximum atomic E-state index is 11.9. The first-order valence-corrected chi connectivity index (χ1v) is 14.2. The first-order valence-electron chi connectivity index (χ1n) is 12.8. The van der Waals surface area contributed by atoms with Crippen LogP contribution in [0.3, 0.4) is 0 Å². The first-order chi connectivity index (χ1) is 15.1. The maximum absolute atomic E-state index is 11.9. The highest BCUT2D eigenvalue weighted by atomic mass is 32.2. The minimum atomic E-state index is -3.57. The highest BCUT2D eigenvalue weighted by Crippen LogP contribution is 2.14. The summed E-state index contributed by atoms with van der Waals surface area (Å²) in [6.07, 6.45) is 17.9.